The summed E-state index contributed by atoms with van der Waals surface area (Å²) in [5, 5.41) is 7.52. The number of fused-ring (bicyclic) bond motifs is 9. The van der Waals surface area contributed by atoms with Crippen molar-refractivity contribution in [1.29, 1.82) is 0 Å². The predicted octanol–water partition coefficient (Wildman–Crippen LogP) is 13.8. The zero-order valence-corrected chi connectivity index (χ0v) is 32.4. The van der Waals surface area contributed by atoms with Gasteiger partial charge in [0.15, 0.2) is 0 Å². The van der Waals surface area contributed by atoms with Gasteiger partial charge in [-0.25, -0.2) is 0 Å². The quantitative estimate of drug-likeness (QED) is 0.168. The molecule has 58 heavy (non-hydrogen) atoms. The van der Waals surface area contributed by atoms with Crippen molar-refractivity contribution in [1.82, 2.24) is 4.57 Å². The highest BCUT2D eigenvalue weighted by Crippen LogP contribution is 2.40. The molecule has 0 N–H and O–H groups in total. The van der Waals surface area contributed by atoms with E-state index in [0.717, 1.165) is 57.3 Å². The maximum absolute atomic E-state index is 6.45. The number of hydrogen-bond acceptors (Lipinski definition) is 3. The van der Waals surface area contributed by atoms with E-state index >= 15 is 0 Å². The SMILES string of the molecule is C1=c2c(sc3ccccc23)=C(N(c2ccc(-c3ccc4c5ccccc5n(-c5ccccc5)c4c3)cc2)c2ccc(-c3cccc4c3oc3ccccc34)cc2)CC1. The molecule has 0 bridgehead atoms. The van der Waals surface area contributed by atoms with Gasteiger partial charge in [-0.15, -0.1) is 11.3 Å². The van der Waals surface area contributed by atoms with Crippen LogP contribution in [0, 0.1) is 0 Å². The van der Waals surface area contributed by atoms with Gasteiger partial charge >= 0.3 is 0 Å². The van der Waals surface area contributed by atoms with Crippen molar-refractivity contribution in [2.45, 2.75) is 12.8 Å². The Balaban J connectivity index is 0.990. The van der Waals surface area contributed by atoms with Gasteiger partial charge < -0.3 is 13.9 Å². The molecule has 0 saturated heterocycles. The van der Waals surface area contributed by atoms with Gasteiger partial charge in [0.25, 0.3) is 0 Å². The molecule has 11 aromatic rings. The van der Waals surface area contributed by atoms with Crippen molar-refractivity contribution >= 4 is 88.3 Å². The molecule has 274 valence electrons. The number of rotatable bonds is 6. The fourth-order valence-corrected chi connectivity index (χ4v) is 10.5. The zero-order chi connectivity index (χ0) is 38.2. The topological polar surface area (TPSA) is 21.3 Å². The van der Waals surface area contributed by atoms with Gasteiger partial charge in [0.1, 0.15) is 11.2 Å². The van der Waals surface area contributed by atoms with E-state index in [-0.39, 0.29) is 0 Å². The number of aromatic nitrogens is 1. The second kappa shape index (κ2) is 13.2. The summed E-state index contributed by atoms with van der Waals surface area (Å²) < 4.78 is 11.5. The van der Waals surface area contributed by atoms with Crippen molar-refractivity contribution in [2.75, 3.05) is 4.90 Å². The highest BCUT2D eigenvalue weighted by Gasteiger charge is 2.21. The normalized spacial score (nSPS) is 12.8. The van der Waals surface area contributed by atoms with Crippen molar-refractivity contribution in [3.05, 3.63) is 198 Å². The third-order valence-corrected chi connectivity index (χ3v) is 13.1. The Hall–Kier alpha value is -7.14. The van der Waals surface area contributed by atoms with Gasteiger partial charge in [-0.1, -0.05) is 133 Å². The van der Waals surface area contributed by atoms with Crippen LogP contribution in [-0.4, -0.2) is 4.57 Å². The lowest BCUT2D eigenvalue weighted by Gasteiger charge is -2.29. The van der Waals surface area contributed by atoms with Crippen LogP contribution >= 0.6 is 11.3 Å². The predicted molar refractivity (Wildman–Crippen MR) is 246 cm³/mol. The first-order chi connectivity index (χ1) is 28.8. The van der Waals surface area contributed by atoms with E-state index in [1.807, 2.05) is 17.4 Å². The molecule has 3 nitrogen and oxygen atoms in total. The molecule has 8 aromatic carbocycles. The van der Waals surface area contributed by atoms with Crippen LogP contribution in [0.3, 0.4) is 0 Å². The second-order valence-electron chi connectivity index (χ2n) is 15.2. The van der Waals surface area contributed by atoms with E-state index in [0.29, 0.717) is 0 Å². The summed E-state index contributed by atoms with van der Waals surface area (Å²) in [6.07, 6.45) is 4.39. The van der Waals surface area contributed by atoms with Crippen LogP contribution in [0.1, 0.15) is 12.8 Å². The van der Waals surface area contributed by atoms with E-state index in [4.69, 9.17) is 4.42 Å². The zero-order valence-electron chi connectivity index (χ0n) is 31.6. The number of furan rings is 1. The minimum atomic E-state index is 0.916. The Morgan fingerprint density at radius 3 is 1.98 bits per heavy atom. The maximum atomic E-state index is 6.45. The number of nitrogens with zero attached hydrogens (tertiary/aromatic N) is 2. The number of thiophene rings is 1. The third-order valence-electron chi connectivity index (χ3n) is 11.9. The summed E-state index contributed by atoms with van der Waals surface area (Å²) in [6.45, 7) is 0. The number of para-hydroxylation sites is 4. The Kier molecular flexibility index (Phi) is 7.54. The molecule has 0 fully saturated rings. The first-order valence-corrected chi connectivity index (χ1v) is 20.8. The minimum absolute atomic E-state index is 0.916. The molecule has 3 aromatic heterocycles. The summed E-state index contributed by atoms with van der Waals surface area (Å²) >= 11 is 1.91. The first-order valence-electron chi connectivity index (χ1n) is 20.0. The fraction of sp³-hybridized carbons (Fsp3) is 0.0370. The second-order valence-corrected chi connectivity index (χ2v) is 16.2. The highest BCUT2D eigenvalue weighted by atomic mass is 32.1. The number of benzene rings is 8. The largest absolute Gasteiger partial charge is 0.455 e. The molecule has 12 rings (SSSR count). The van der Waals surface area contributed by atoms with Crippen LogP contribution < -0.4 is 14.7 Å². The lowest BCUT2D eigenvalue weighted by atomic mass is 10.0. The van der Waals surface area contributed by atoms with Gasteiger partial charge in [0.2, 0.25) is 0 Å². The van der Waals surface area contributed by atoms with Crippen molar-refractivity contribution < 1.29 is 4.42 Å². The van der Waals surface area contributed by atoms with E-state index in [1.165, 1.54) is 64.2 Å². The van der Waals surface area contributed by atoms with Crippen LogP contribution in [-0.2, 0) is 0 Å². The van der Waals surface area contributed by atoms with Crippen LogP contribution in [0.5, 0.6) is 0 Å². The monoisotopic (exact) mass is 760 g/mol. The van der Waals surface area contributed by atoms with Gasteiger partial charge in [-0.2, -0.15) is 0 Å². The summed E-state index contributed by atoms with van der Waals surface area (Å²) in [5.41, 5.74) is 13.7. The first kappa shape index (κ1) is 33.0. The lowest BCUT2D eigenvalue weighted by molar-refractivity contribution is 0.670. The van der Waals surface area contributed by atoms with Crippen molar-refractivity contribution in [2.24, 2.45) is 0 Å². The molecule has 0 aliphatic heterocycles. The smallest absolute Gasteiger partial charge is 0.143 e. The van der Waals surface area contributed by atoms with Crippen LogP contribution in [0.2, 0.25) is 0 Å². The van der Waals surface area contributed by atoms with Gasteiger partial charge in [0.05, 0.1) is 15.6 Å². The van der Waals surface area contributed by atoms with Crippen LogP contribution in [0.25, 0.3) is 93.5 Å². The Bertz CT molecular complexity index is 3500. The summed E-state index contributed by atoms with van der Waals surface area (Å²) in [7, 11) is 0. The van der Waals surface area contributed by atoms with E-state index in [1.54, 1.807) is 0 Å². The average Bonchev–Trinajstić information content (AvgIpc) is 3.97. The molecule has 1 aliphatic rings. The van der Waals surface area contributed by atoms with Gasteiger partial charge in [-0.05, 0) is 95.4 Å². The fourth-order valence-electron chi connectivity index (χ4n) is 9.20. The summed E-state index contributed by atoms with van der Waals surface area (Å²) in [5.74, 6) is 0. The molecule has 0 radical (unpaired) electrons. The third kappa shape index (κ3) is 5.19. The molecule has 0 spiro atoms. The Labute approximate surface area is 339 Å². The minimum Gasteiger partial charge on any atom is -0.455 e. The van der Waals surface area contributed by atoms with E-state index in [2.05, 4.69) is 198 Å². The maximum Gasteiger partial charge on any atom is 0.143 e. The molecule has 0 amide bonds. The van der Waals surface area contributed by atoms with Gasteiger partial charge in [0, 0.05) is 60.0 Å². The standard InChI is InChI=1S/C54H36N2OS/c1-2-12-38(13-3-1)56-48-20-7-4-14-42(48)43-33-28-37(34-50(43)56)35-24-29-39(30-25-35)55(49-21-11-19-47-45-16-6-9-23-52(45)58-54(47)49)40-31-26-36(27-32-40)41-17-10-18-46-44-15-5-8-22-51(44)57-53(41)46/h1-10,12-20,22-34H,11,21H2. The Morgan fingerprint density at radius 2 is 1.16 bits per heavy atom. The molecular weight excluding hydrogens is 725 g/mol. The average molecular weight is 761 g/mol. The van der Waals surface area contributed by atoms with Crippen molar-refractivity contribution in [3.63, 3.8) is 0 Å². The van der Waals surface area contributed by atoms with E-state index in [9.17, 15) is 0 Å². The highest BCUT2D eigenvalue weighted by molar-refractivity contribution is 7.17. The van der Waals surface area contributed by atoms with Gasteiger partial charge in [-0.3, -0.25) is 0 Å². The number of hydrogen-bond donors (Lipinski definition) is 0. The van der Waals surface area contributed by atoms with Crippen molar-refractivity contribution in [3.8, 4) is 27.9 Å². The molecule has 0 unspecified atom stereocenters. The van der Waals surface area contributed by atoms with Crippen LogP contribution in [0.15, 0.2) is 192 Å². The summed E-state index contributed by atoms with van der Waals surface area (Å²) in [4.78, 5) is 2.49. The summed E-state index contributed by atoms with van der Waals surface area (Å²) in [6, 6.07) is 68.1. The molecule has 4 heteroatoms. The van der Waals surface area contributed by atoms with E-state index < -0.39 is 0 Å². The molecular formula is C54H36N2OS. The number of anilines is 2. The Morgan fingerprint density at radius 1 is 0.500 bits per heavy atom. The molecule has 3 heterocycles. The molecule has 0 saturated carbocycles. The lowest BCUT2D eigenvalue weighted by Crippen LogP contribution is -2.31. The van der Waals surface area contributed by atoms with Crippen LogP contribution in [0.4, 0.5) is 11.4 Å². The molecule has 0 atom stereocenters. The molecule has 1 aliphatic carbocycles.